The van der Waals surface area contributed by atoms with Gasteiger partial charge >= 0.3 is 0 Å². The van der Waals surface area contributed by atoms with Crippen molar-refractivity contribution in [2.24, 2.45) is 0 Å². The number of hydrogen-bond acceptors (Lipinski definition) is 5. The molecule has 2 aromatic carbocycles. The van der Waals surface area contributed by atoms with Crippen LogP contribution in [0.1, 0.15) is 18.1 Å². The van der Waals surface area contributed by atoms with Crippen molar-refractivity contribution in [3.05, 3.63) is 59.4 Å². The largest absolute Gasteiger partial charge is 0.484 e. The van der Waals surface area contributed by atoms with E-state index in [1.54, 1.807) is 12.1 Å². The maximum atomic E-state index is 13.7. The molecule has 29 heavy (non-hydrogen) atoms. The number of hydrazine groups is 1. The summed E-state index contributed by atoms with van der Waals surface area (Å²) in [6.45, 7) is 4.76. The smallest absolute Gasteiger partial charge is 0.276 e. The van der Waals surface area contributed by atoms with E-state index in [0.717, 1.165) is 23.3 Å². The van der Waals surface area contributed by atoms with Gasteiger partial charge in [0.2, 0.25) is 10.0 Å². The van der Waals surface area contributed by atoms with Gasteiger partial charge in [0.25, 0.3) is 11.8 Å². The summed E-state index contributed by atoms with van der Waals surface area (Å²) < 4.78 is 45.4. The molecule has 0 unspecified atom stereocenters. The van der Waals surface area contributed by atoms with Crippen LogP contribution >= 0.6 is 0 Å². The lowest BCUT2D eigenvalue weighted by Crippen LogP contribution is -2.51. The number of amides is 2. The van der Waals surface area contributed by atoms with Crippen molar-refractivity contribution in [1.29, 1.82) is 0 Å². The van der Waals surface area contributed by atoms with Crippen LogP contribution in [-0.4, -0.2) is 32.9 Å². The van der Waals surface area contributed by atoms with Crippen LogP contribution in [0.15, 0.2) is 47.4 Å². The molecule has 1 atom stereocenters. The first-order valence-electron chi connectivity index (χ1n) is 8.66. The molecule has 0 spiro atoms. The molecule has 3 N–H and O–H groups in total. The summed E-state index contributed by atoms with van der Waals surface area (Å²) >= 11 is 0. The Morgan fingerprint density at radius 2 is 1.76 bits per heavy atom. The first kappa shape index (κ1) is 22.3. The van der Waals surface area contributed by atoms with Gasteiger partial charge in [-0.1, -0.05) is 18.2 Å². The Morgan fingerprint density at radius 3 is 2.41 bits per heavy atom. The van der Waals surface area contributed by atoms with Crippen molar-refractivity contribution in [3.8, 4) is 5.75 Å². The van der Waals surface area contributed by atoms with Gasteiger partial charge in [0, 0.05) is 0 Å². The Bertz CT molecular complexity index is 1010. The summed E-state index contributed by atoms with van der Waals surface area (Å²) in [4.78, 5) is 23.2. The van der Waals surface area contributed by atoms with Crippen LogP contribution in [0.2, 0.25) is 0 Å². The third kappa shape index (κ3) is 6.26. The van der Waals surface area contributed by atoms with Crippen molar-refractivity contribution in [2.75, 3.05) is 6.61 Å². The van der Waals surface area contributed by atoms with Gasteiger partial charge < -0.3 is 4.74 Å². The number of nitrogens with one attached hydrogen (secondary N) is 3. The van der Waals surface area contributed by atoms with Gasteiger partial charge in [0.15, 0.2) is 6.61 Å². The van der Waals surface area contributed by atoms with Crippen LogP contribution in [-0.2, 0) is 19.6 Å². The van der Waals surface area contributed by atoms with E-state index in [1.807, 2.05) is 24.6 Å². The molecule has 0 aliphatic carbocycles. The fraction of sp³-hybridized carbons (Fsp3) is 0.263. The van der Waals surface area contributed by atoms with E-state index in [1.165, 1.54) is 19.1 Å². The third-order valence-corrected chi connectivity index (χ3v) is 5.60. The molecule has 156 valence electrons. The van der Waals surface area contributed by atoms with E-state index >= 15 is 0 Å². The van der Waals surface area contributed by atoms with Crippen LogP contribution < -0.4 is 20.3 Å². The molecule has 0 heterocycles. The lowest BCUT2D eigenvalue weighted by Gasteiger charge is -2.15. The van der Waals surface area contributed by atoms with Crippen molar-refractivity contribution in [3.63, 3.8) is 0 Å². The van der Waals surface area contributed by atoms with E-state index in [-0.39, 0.29) is 6.61 Å². The van der Waals surface area contributed by atoms with Crippen molar-refractivity contribution in [2.45, 2.75) is 31.7 Å². The second kappa shape index (κ2) is 9.48. The Kier molecular flexibility index (Phi) is 7.29. The van der Waals surface area contributed by atoms with Gasteiger partial charge in [-0.3, -0.25) is 20.4 Å². The number of aryl methyl sites for hydroxylation is 2. The number of carbonyl (C=O) groups excluding carboxylic acids is 2. The van der Waals surface area contributed by atoms with E-state index in [2.05, 4.69) is 10.9 Å². The topological polar surface area (TPSA) is 114 Å². The zero-order valence-electron chi connectivity index (χ0n) is 16.2. The number of ether oxygens (including phenoxy) is 1. The van der Waals surface area contributed by atoms with Crippen molar-refractivity contribution >= 4 is 21.8 Å². The highest BCUT2D eigenvalue weighted by Crippen LogP contribution is 2.16. The average Bonchev–Trinajstić information content (AvgIpc) is 2.66. The van der Waals surface area contributed by atoms with Crippen LogP contribution in [0.25, 0.3) is 0 Å². The highest BCUT2D eigenvalue weighted by Gasteiger charge is 2.24. The standard InChI is InChI=1S/C19H22FN3O5S/c1-12-8-9-15(10-13(12)2)28-11-18(24)21-22-19(25)14(3)23-29(26,27)17-7-5-4-6-16(17)20/h4-10,14,23H,11H2,1-3H3,(H,21,24)(H,22,25)/t14-/m0/s1. The number of sulfonamides is 1. The Balaban J connectivity index is 1.84. The molecule has 0 aromatic heterocycles. The first-order chi connectivity index (χ1) is 13.6. The van der Waals surface area contributed by atoms with Crippen LogP contribution in [0.5, 0.6) is 5.75 Å². The molecule has 8 nitrogen and oxygen atoms in total. The fourth-order valence-corrected chi connectivity index (χ4v) is 3.52. The molecular formula is C19H22FN3O5S. The normalized spacial score (nSPS) is 12.1. The molecule has 0 aliphatic rings. The zero-order valence-corrected chi connectivity index (χ0v) is 17.0. The third-order valence-electron chi connectivity index (χ3n) is 4.02. The number of halogens is 1. The highest BCUT2D eigenvalue weighted by atomic mass is 32.2. The van der Waals surface area contributed by atoms with Gasteiger partial charge in [-0.2, -0.15) is 4.72 Å². The maximum Gasteiger partial charge on any atom is 0.276 e. The molecule has 2 aromatic rings. The number of benzene rings is 2. The Labute approximate surface area is 168 Å². The first-order valence-corrected chi connectivity index (χ1v) is 10.1. The molecule has 0 aliphatic heterocycles. The van der Waals surface area contributed by atoms with Gasteiger partial charge in [-0.15, -0.1) is 0 Å². The summed E-state index contributed by atoms with van der Waals surface area (Å²) in [6.07, 6.45) is 0. The molecule has 2 amide bonds. The predicted molar refractivity (Wildman–Crippen MR) is 104 cm³/mol. The van der Waals surface area contributed by atoms with Crippen molar-refractivity contribution in [1.82, 2.24) is 15.6 Å². The summed E-state index contributed by atoms with van der Waals surface area (Å²) in [7, 11) is -4.25. The maximum absolute atomic E-state index is 13.7. The van der Waals surface area contributed by atoms with E-state index in [0.29, 0.717) is 5.75 Å². The molecular weight excluding hydrogens is 401 g/mol. The average molecular weight is 423 g/mol. The highest BCUT2D eigenvalue weighted by molar-refractivity contribution is 7.89. The second-order valence-corrected chi connectivity index (χ2v) is 8.03. The summed E-state index contributed by atoms with van der Waals surface area (Å²) in [5, 5.41) is 0. The minimum atomic E-state index is -4.25. The molecule has 10 heteroatoms. The summed E-state index contributed by atoms with van der Waals surface area (Å²) in [5.74, 6) is -1.91. The number of carbonyl (C=O) groups is 2. The lowest BCUT2D eigenvalue weighted by atomic mass is 10.1. The SMILES string of the molecule is Cc1ccc(OCC(=O)NNC(=O)[C@H](C)NS(=O)(=O)c2ccccc2F)cc1C. The zero-order chi connectivity index (χ0) is 21.6. The van der Waals surface area contributed by atoms with Crippen molar-refractivity contribution < 1.29 is 27.1 Å². The summed E-state index contributed by atoms with van der Waals surface area (Å²) in [6, 6.07) is 8.87. The quantitative estimate of drug-likeness (QED) is 0.582. The lowest BCUT2D eigenvalue weighted by molar-refractivity contribution is -0.130. The van der Waals surface area contributed by atoms with Gasteiger partial charge in [-0.25, -0.2) is 12.8 Å². The van der Waals surface area contributed by atoms with Crippen LogP contribution in [0.4, 0.5) is 4.39 Å². The molecule has 0 bridgehead atoms. The predicted octanol–water partition coefficient (Wildman–Crippen LogP) is 1.34. The molecule has 0 radical (unpaired) electrons. The second-order valence-electron chi connectivity index (χ2n) is 6.35. The molecule has 0 fully saturated rings. The van der Waals surface area contributed by atoms with E-state index < -0.39 is 38.6 Å². The van der Waals surface area contributed by atoms with E-state index in [4.69, 9.17) is 4.74 Å². The fourth-order valence-electron chi connectivity index (χ4n) is 2.24. The van der Waals surface area contributed by atoms with E-state index in [9.17, 15) is 22.4 Å². The minimum Gasteiger partial charge on any atom is -0.484 e. The van der Waals surface area contributed by atoms with Gasteiger partial charge in [0.05, 0.1) is 6.04 Å². The molecule has 0 saturated heterocycles. The van der Waals surface area contributed by atoms with Gasteiger partial charge in [0.1, 0.15) is 16.5 Å². The van der Waals surface area contributed by atoms with Crippen LogP contribution in [0, 0.1) is 19.7 Å². The molecule has 0 saturated carbocycles. The minimum absolute atomic E-state index is 0.349. The van der Waals surface area contributed by atoms with Crippen LogP contribution in [0.3, 0.4) is 0 Å². The summed E-state index contributed by atoms with van der Waals surface area (Å²) in [5.41, 5.74) is 6.30. The van der Waals surface area contributed by atoms with Gasteiger partial charge in [-0.05, 0) is 56.2 Å². The Hall–Kier alpha value is -2.98. The Morgan fingerprint density at radius 1 is 1.07 bits per heavy atom. The number of rotatable bonds is 7. The molecule has 2 rings (SSSR count). The number of hydrogen-bond donors (Lipinski definition) is 3. The monoisotopic (exact) mass is 423 g/mol.